The zero-order chi connectivity index (χ0) is 14.7. The molecule has 0 aliphatic heterocycles. The SMILES string of the molecule is CC(C)c1nc2ccccc2n1CCCc1ccccc1. The van der Waals surface area contributed by atoms with E-state index < -0.39 is 0 Å². The highest BCUT2D eigenvalue weighted by atomic mass is 15.1. The number of benzene rings is 2. The van der Waals surface area contributed by atoms with Crippen molar-refractivity contribution < 1.29 is 0 Å². The van der Waals surface area contributed by atoms with Gasteiger partial charge in [0.25, 0.3) is 0 Å². The van der Waals surface area contributed by atoms with Crippen molar-refractivity contribution in [3.05, 3.63) is 66.0 Å². The van der Waals surface area contributed by atoms with E-state index in [-0.39, 0.29) is 0 Å². The lowest BCUT2D eigenvalue weighted by Gasteiger charge is -2.11. The molecule has 0 aliphatic carbocycles. The van der Waals surface area contributed by atoms with Gasteiger partial charge in [-0.1, -0.05) is 56.3 Å². The van der Waals surface area contributed by atoms with Gasteiger partial charge in [0, 0.05) is 12.5 Å². The lowest BCUT2D eigenvalue weighted by atomic mass is 10.1. The van der Waals surface area contributed by atoms with Crippen molar-refractivity contribution in [3.8, 4) is 0 Å². The molecule has 0 unspecified atom stereocenters. The van der Waals surface area contributed by atoms with Crippen LogP contribution in [0.4, 0.5) is 0 Å². The largest absolute Gasteiger partial charge is 0.328 e. The van der Waals surface area contributed by atoms with Gasteiger partial charge in [-0.25, -0.2) is 4.98 Å². The third-order valence-electron chi connectivity index (χ3n) is 3.89. The molecule has 21 heavy (non-hydrogen) atoms. The smallest absolute Gasteiger partial charge is 0.112 e. The van der Waals surface area contributed by atoms with Gasteiger partial charge in [0.1, 0.15) is 5.82 Å². The van der Waals surface area contributed by atoms with Crippen LogP contribution in [0.15, 0.2) is 54.6 Å². The summed E-state index contributed by atoms with van der Waals surface area (Å²) in [6.45, 7) is 5.47. The molecule has 1 aromatic heterocycles. The minimum atomic E-state index is 0.453. The Morgan fingerprint density at radius 3 is 2.43 bits per heavy atom. The van der Waals surface area contributed by atoms with E-state index in [4.69, 9.17) is 4.98 Å². The van der Waals surface area contributed by atoms with Crippen LogP contribution in [0.1, 0.15) is 37.6 Å². The standard InChI is InChI=1S/C19H22N2/c1-15(2)19-20-17-12-6-7-13-18(17)21(19)14-8-11-16-9-4-3-5-10-16/h3-7,9-10,12-13,15H,8,11,14H2,1-2H3. The number of nitrogens with zero attached hydrogens (tertiary/aromatic N) is 2. The maximum Gasteiger partial charge on any atom is 0.112 e. The highest BCUT2D eigenvalue weighted by Crippen LogP contribution is 2.22. The van der Waals surface area contributed by atoms with E-state index in [1.165, 1.54) is 16.9 Å². The summed E-state index contributed by atoms with van der Waals surface area (Å²) in [6.07, 6.45) is 2.26. The van der Waals surface area contributed by atoms with E-state index in [0.29, 0.717) is 5.92 Å². The van der Waals surface area contributed by atoms with Crippen molar-refractivity contribution in [2.24, 2.45) is 0 Å². The molecule has 2 aromatic carbocycles. The molecule has 0 spiro atoms. The van der Waals surface area contributed by atoms with Crippen molar-refractivity contribution in [1.29, 1.82) is 0 Å². The maximum atomic E-state index is 4.80. The Labute approximate surface area is 126 Å². The number of imidazole rings is 1. The van der Waals surface area contributed by atoms with Gasteiger partial charge in [-0.3, -0.25) is 0 Å². The van der Waals surface area contributed by atoms with Crippen LogP contribution in [0.3, 0.4) is 0 Å². The Morgan fingerprint density at radius 1 is 0.952 bits per heavy atom. The van der Waals surface area contributed by atoms with Crippen molar-refractivity contribution in [2.75, 3.05) is 0 Å². The van der Waals surface area contributed by atoms with Gasteiger partial charge in [0.15, 0.2) is 0 Å². The monoisotopic (exact) mass is 278 g/mol. The summed E-state index contributed by atoms with van der Waals surface area (Å²) in [7, 11) is 0. The minimum absolute atomic E-state index is 0.453. The number of aryl methyl sites for hydroxylation is 2. The molecule has 0 saturated heterocycles. The molecule has 3 rings (SSSR count). The number of rotatable bonds is 5. The molecule has 0 radical (unpaired) electrons. The summed E-state index contributed by atoms with van der Waals surface area (Å²) in [4.78, 5) is 4.80. The second-order valence-corrected chi connectivity index (χ2v) is 5.85. The predicted molar refractivity (Wildman–Crippen MR) is 88.6 cm³/mol. The van der Waals surface area contributed by atoms with Crippen LogP contribution in [-0.4, -0.2) is 9.55 Å². The zero-order valence-corrected chi connectivity index (χ0v) is 12.8. The highest BCUT2D eigenvalue weighted by Gasteiger charge is 2.12. The number of fused-ring (bicyclic) bond motifs is 1. The second kappa shape index (κ2) is 6.13. The molecule has 0 atom stereocenters. The summed E-state index contributed by atoms with van der Waals surface area (Å²) in [5, 5.41) is 0. The van der Waals surface area contributed by atoms with Crippen LogP contribution in [0, 0.1) is 0 Å². The Morgan fingerprint density at radius 2 is 1.67 bits per heavy atom. The van der Waals surface area contributed by atoms with Crippen molar-refractivity contribution in [1.82, 2.24) is 9.55 Å². The van der Waals surface area contributed by atoms with Gasteiger partial charge in [-0.15, -0.1) is 0 Å². The maximum absolute atomic E-state index is 4.80. The molecule has 0 N–H and O–H groups in total. The van der Waals surface area contributed by atoms with E-state index in [0.717, 1.165) is 24.9 Å². The lowest BCUT2D eigenvalue weighted by Crippen LogP contribution is -2.06. The molecular formula is C19H22N2. The van der Waals surface area contributed by atoms with Gasteiger partial charge >= 0.3 is 0 Å². The van der Waals surface area contributed by atoms with Crippen LogP contribution >= 0.6 is 0 Å². The van der Waals surface area contributed by atoms with Gasteiger partial charge in [0.05, 0.1) is 11.0 Å². The van der Waals surface area contributed by atoms with Gasteiger partial charge in [0.2, 0.25) is 0 Å². The van der Waals surface area contributed by atoms with E-state index in [9.17, 15) is 0 Å². The molecule has 1 heterocycles. The molecule has 0 fully saturated rings. The van der Waals surface area contributed by atoms with E-state index in [1.54, 1.807) is 0 Å². The minimum Gasteiger partial charge on any atom is -0.328 e. The topological polar surface area (TPSA) is 17.8 Å². The Hall–Kier alpha value is -2.09. The molecule has 0 bridgehead atoms. The first-order valence-corrected chi connectivity index (χ1v) is 7.75. The summed E-state index contributed by atoms with van der Waals surface area (Å²) in [6, 6.07) is 19.2. The quantitative estimate of drug-likeness (QED) is 0.656. The van der Waals surface area contributed by atoms with Crippen LogP contribution in [0.25, 0.3) is 11.0 Å². The van der Waals surface area contributed by atoms with Crippen LogP contribution in [0.2, 0.25) is 0 Å². The van der Waals surface area contributed by atoms with Crippen molar-refractivity contribution >= 4 is 11.0 Å². The fourth-order valence-electron chi connectivity index (χ4n) is 2.86. The predicted octanol–water partition coefficient (Wildman–Crippen LogP) is 4.79. The zero-order valence-electron chi connectivity index (χ0n) is 12.8. The second-order valence-electron chi connectivity index (χ2n) is 5.85. The van der Waals surface area contributed by atoms with Gasteiger partial charge in [-0.05, 0) is 30.5 Å². The fraction of sp³-hybridized carbons (Fsp3) is 0.316. The van der Waals surface area contributed by atoms with Crippen LogP contribution < -0.4 is 0 Å². The number of hydrogen-bond donors (Lipinski definition) is 0. The third kappa shape index (κ3) is 2.99. The van der Waals surface area contributed by atoms with Gasteiger partial charge < -0.3 is 4.57 Å². The average Bonchev–Trinajstić information content (AvgIpc) is 2.88. The van der Waals surface area contributed by atoms with Crippen LogP contribution in [0.5, 0.6) is 0 Å². The molecule has 3 aromatic rings. The molecule has 2 heteroatoms. The first-order chi connectivity index (χ1) is 10.3. The lowest BCUT2D eigenvalue weighted by molar-refractivity contribution is 0.602. The molecule has 108 valence electrons. The first kappa shape index (κ1) is 13.9. The molecule has 2 nitrogen and oxygen atoms in total. The van der Waals surface area contributed by atoms with E-state index >= 15 is 0 Å². The Kier molecular flexibility index (Phi) is 4.05. The number of hydrogen-bond acceptors (Lipinski definition) is 1. The van der Waals surface area contributed by atoms with E-state index in [2.05, 4.69) is 73.0 Å². The number of para-hydroxylation sites is 2. The average molecular weight is 278 g/mol. The first-order valence-electron chi connectivity index (χ1n) is 7.75. The molecule has 0 aliphatic rings. The normalized spacial score (nSPS) is 11.4. The Balaban J connectivity index is 1.81. The summed E-state index contributed by atoms with van der Waals surface area (Å²) >= 11 is 0. The molecule has 0 amide bonds. The van der Waals surface area contributed by atoms with Crippen LogP contribution in [-0.2, 0) is 13.0 Å². The summed E-state index contributed by atoms with van der Waals surface area (Å²) < 4.78 is 2.39. The van der Waals surface area contributed by atoms with Crippen molar-refractivity contribution in [2.45, 2.75) is 39.2 Å². The summed E-state index contributed by atoms with van der Waals surface area (Å²) in [5.41, 5.74) is 3.78. The summed E-state index contributed by atoms with van der Waals surface area (Å²) in [5.74, 6) is 1.65. The van der Waals surface area contributed by atoms with Gasteiger partial charge in [-0.2, -0.15) is 0 Å². The van der Waals surface area contributed by atoms with Crippen molar-refractivity contribution in [3.63, 3.8) is 0 Å². The van der Waals surface area contributed by atoms with E-state index in [1.807, 2.05) is 0 Å². The molecule has 0 saturated carbocycles. The highest BCUT2D eigenvalue weighted by molar-refractivity contribution is 5.76. The number of aromatic nitrogens is 2. The third-order valence-corrected chi connectivity index (χ3v) is 3.89. The fourth-order valence-corrected chi connectivity index (χ4v) is 2.86. The molecular weight excluding hydrogens is 256 g/mol. The Bertz CT molecular complexity index is 711.